The normalized spacial score (nSPS) is 14.6. The first-order valence-electron chi connectivity index (χ1n) is 22.7. The predicted octanol–water partition coefficient (Wildman–Crippen LogP) is 11.8. The van der Waals surface area contributed by atoms with Crippen LogP contribution in [0.15, 0.2) is 187 Å². The number of thioether (sulfide) groups is 1. The molecule has 1 amide bonds. The van der Waals surface area contributed by atoms with E-state index in [4.69, 9.17) is 17.1 Å². The van der Waals surface area contributed by atoms with Gasteiger partial charge in [-0.25, -0.2) is 0 Å². The van der Waals surface area contributed by atoms with Crippen molar-refractivity contribution in [3.8, 4) is 0 Å². The number of amides is 1. The SMILES string of the molecule is CCN1C(=O)/C(=c2\s/c(=C/c3ccc(N(c4ccc(/C=C(\c5ccccc5)c5ccc(C)cc5)cc4)c4ccc(/C=C(\c5ccccc5)c5ccc(C)cc5)cc4)cc3)c(=O)n2OC(C)O)SC1=S. The summed E-state index contributed by atoms with van der Waals surface area (Å²) in [6, 6.07) is 63.4. The second-order valence-corrected chi connectivity index (χ2v) is 19.3. The highest BCUT2D eigenvalue weighted by Crippen LogP contribution is 2.37. The fourth-order valence-corrected chi connectivity index (χ4v) is 10.7. The molecule has 0 aliphatic carbocycles. The Balaban J connectivity index is 1.11. The van der Waals surface area contributed by atoms with Crippen molar-refractivity contribution in [3.05, 3.63) is 252 Å². The van der Waals surface area contributed by atoms with Crippen molar-refractivity contribution in [2.75, 3.05) is 11.4 Å². The van der Waals surface area contributed by atoms with E-state index in [0.717, 1.165) is 95.0 Å². The zero-order valence-electron chi connectivity index (χ0n) is 38.6. The van der Waals surface area contributed by atoms with E-state index in [1.807, 2.05) is 43.3 Å². The number of aliphatic hydroxyl groups is 1. The van der Waals surface area contributed by atoms with E-state index in [0.29, 0.717) is 15.4 Å². The third-order valence-corrected chi connectivity index (χ3v) is 14.3. The van der Waals surface area contributed by atoms with Gasteiger partial charge in [-0.1, -0.05) is 181 Å². The lowest BCUT2D eigenvalue weighted by molar-refractivity contribution is -0.120. The number of hydrogen-bond donors (Lipinski definition) is 1. The van der Waals surface area contributed by atoms with Crippen LogP contribution in [0.25, 0.3) is 34.3 Å². The number of carbonyl (C=O) groups excluding carboxylic acids is 1. The minimum Gasteiger partial charge on any atom is -0.378 e. The lowest BCUT2D eigenvalue weighted by atomic mass is 9.95. The molecule has 7 aromatic carbocycles. The summed E-state index contributed by atoms with van der Waals surface area (Å²) in [5.74, 6) is -0.299. The van der Waals surface area contributed by atoms with E-state index in [-0.39, 0.29) is 15.5 Å². The van der Waals surface area contributed by atoms with Gasteiger partial charge >= 0.3 is 5.56 Å². The van der Waals surface area contributed by atoms with Crippen molar-refractivity contribution in [2.24, 2.45) is 0 Å². The van der Waals surface area contributed by atoms with Crippen molar-refractivity contribution in [3.63, 3.8) is 0 Å². The molecule has 342 valence electrons. The van der Waals surface area contributed by atoms with Crippen LogP contribution in [-0.2, 0) is 4.79 Å². The van der Waals surface area contributed by atoms with Gasteiger partial charge in [0.15, 0.2) is 4.66 Å². The predicted molar refractivity (Wildman–Crippen MR) is 291 cm³/mol. The molecule has 1 saturated heterocycles. The van der Waals surface area contributed by atoms with Crippen molar-refractivity contribution in [2.45, 2.75) is 34.0 Å². The summed E-state index contributed by atoms with van der Waals surface area (Å²) >= 11 is 7.70. The second-order valence-electron chi connectivity index (χ2n) is 16.7. The number of carbonyl (C=O) groups is 1. The molecule has 10 heteroatoms. The Morgan fingerprint density at radius 3 is 1.45 bits per heavy atom. The minimum absolute atomic E-state index is 0.282. The average molecular weight is 960 g/mol. The zero-order chi connectivity index (χ0) is 48.0. The summed E-state index contributed by atoms with van der Waals surface area (Å²) in [6.07, 6.45) is 4.95. The monoisotopic (exact) mass is 959 g/mol. The molecule has 0 bridgehead atoms. The molecule has 0 saturated carbocycles. The van der Waals surface area contributed by atoms with Crippen LogP contribution in [0.2, 0.25) is 0 Å². The number of hydrogen-bond acceptors (Lipinski definition) is 8. The van der Waals surface area contributed by atoms with E-state index in [1.165, 1.54) is 23.0 Å². The number of aryl methyl sites for hydroxylation is 2. The highest BCUT2D eigenvalue weighted by Gasteiger charge is 2.33. The van der Waals surface area contributed by atoms with Crippen molar-refractivity contribution >= 4 is 96.9 Å². The van der Waals surface area contributed by atoms with Gasteiger partial charge in [-0.15, -0.1) is 16.1 Å². The minimum atomic E-state index is -1.29. The molecule has 1 fully saturated rings. The summed E-state index contributed by atoms with van der Waals surface area (Å²) < 4.78 is 2.03. The molecule has 0 spiro atoms. The maximum absolute atomic E-state index is 13.8. The topological polar surface area (TPSA) is 75.0 Å². The second kappa shape index (κ2) is 20.9. The summed E-state index contributed by atoms with van der Waals surface area (Å²) in [5.41, 5.74) is 14.5. The number of thiazole rings is 1. The first-order chi connectivity index (χ1) is 33.5. The average Bonchev–Trinajstić information content (AvgIpc) is 3.83. The molecule has 7 nitrogen and oxygen atoms in total. The van der Waals surface area contributed by atoms with Gasteiger partial charge in [0, 0.05) is 30.5 Å². The highest BCUT2D eigenvalue weighted by molar-refractivity contribution is 8.30. The maximum atomic E-state index is 13.8. The van der Waals surface area contributed by atoms with Crippen molar-refractivity contribution in [1.82, 2.24) is 9.63 Å². The number of nitrogens with zero attached hydrogens (tertiary/aromatic N) is 3. The summed E-state index contributed by atoms with van der Waals surface area (Å²) in [4.78, 5) is 36.7. The number of anilines is 3. The molecular weight excluding hydrogens is 911 g/mol. The molecule has 1 unspecified atom stereocenters. The molecular formula is C59H49N3O4S3. The van der Waals surface area contributed by atoms with Crippen LogP contribution in [-0.4, -0.2) is 37.8 Å². The molecule has 2 heterocycles. The molecule has 1 N–H and O–H groups in total. The van der Waals surface area contributed by atoms with Gasteiger partial charge in [0.2, 0.25) is 6.29 Å². The van der Waals surface area contributed by atoms with Crippen LogP contribution in [0, 0.1) is 13.8 Å². The Morgan fingerprint density at radius 2 is 1.04 bits per heavy atom. The smallest absolute Gasteiger partial charge is 0.301 e. The van der Waals surface area contributed by atoms with Crippen LogP contribution >= 0.6 is 35.3 Å². The third kappa shape index (κ3) is 10.5. The quantitative estimate of drug-likeness (QED) is 0.0701. The van der Waals surface area contributed by atoms with E-state index in [2.05, 4.69) is 176 Å². The van der Waals surface area contributed by atoms with E-state index >= 15 is 0 Å². The number of aromatic nitrogens is 1. The standard InChI is InChI=1S/C59H49N3O4S3/c1-5-60-57(65)55(69-59(60)67)58-62(66-41(4)63)56(64)54(68-58)38-44-24-34-51(35-25-44)61(49-30-20-42(21-31-49)36-52(45-12-8-6-9-13-45)47-26-16-39(2)17-27-47)50-32-22-43(23-33-50)37-53(46-14-10-7-11-15-46)48-28-18-40(3)19-29-48/h6-38,41,63H,5H2,1-4H3/b52-36+,53-37+,54-38+,58-55+. The largest absolute Gasteiger partial charge is 0.378 e. The Morgan fingerprint density at radius 1 is 0.623 bits per heavy atom. The number of benzene rings is 7. The first-order valence-corrected chi connectivity index (χ1v) is 24.7. The van der Waals surface area contributed by atoms with Crippen molar-refractivity contribution < 1.29 is 14.7 Å². The molecule has 1 aliphatic heterocycles. The number of rotatable bonds is 13. The number of aliphatic hydroxyl groups excluding tert-OH is 1. The van der Waals surface area contributed by atoms with Gasteiger partial charge < -0.3 is 14.8 Å². The van der Waals surface area contributed by atoms with Gasteiger partial charge in [0.1, 0.15) is 9.23 Å². The first kappa shape index (κ1) is 46.8. The molecule has 1 aliphatic rings. The molecule has 1 atom stereocenters. The summed E-state index contributed by atoms with van der Waals surface area (Å²) in [7, 11) is 0. The summed E-state index contributed by atoms with van der Waals surface area (Å²) in [6.45, 7) is 7.86. The zero-order valence-corrected chi connectivity index (χ0v) is 41.0. The van der Waals surface area contributed by atoms with Crippen LogP contribution in [0.1, 0.15) is 63.9 Å². The lowest BCUT2D eigenvalue weighted by Gasteiger charge is -2.26. The van der Waals surface area contributed by atoms with Gasteiger partial charge in [0.05, 0.1) is 4.53 Å². The lowest BCUT2D eigenvalue weighted by Crippen LogP contribution is -2.41. The van der Waals surface area contributed by atoms with Crippen LogP contribution < -0.4 is 24.5 Å². The van der Waals surface area contributed by atoms with Gasteiger partial charge in [-0.05, 0) is 125 Å². The molecule has 9 rings (SSSR count). The van der Waals surface area contributed by atoms with Crippen LogP contribution in [0.4, 0.5) is 17.1 Å². The van der Waals surface area contributed by atoms with Gasteiger partial charge in [0.25, 0.3) is 5.91 Å². The van der Waals surface area contributed by atoms with E-state index in [9.17, 15) is 14.7 Å². The number of thiocarbonyl (C=S) groups is 1. The van der Waals surface area contributed by atoms with Gasteiger partial charge in [-0.3, -0.25) is 14.5 Å². The Bertz CT molecular complexity index is 3240. The molecule has 8 aromatic rings. The Labute approximate surface area is 415 Å². The molecule has 1 aromatic heterocycles. The summed E-state index contributed by atoms with van der Waals surface area (Å²) in [5, 5.41) is 10.2. The third-order valence-electron chi connectivity index (χ3n) is 11.7. The van der Waals surface area contributed by atoms with Crippen LogP contribution in [0.5, 0.6) is 0 Å². The van der Waals surface area contributed by atoms with Gasteiger partial charge in [-0.2, -0.15) is 0 Å². The molecule has 69 heavy (non-hydrogen) atoms. The highest BCUT2D eigenvalue weighted by atomic mass is 32.2. The van der Waals surface area contributed by atoms with E-state index < -0.39 is 11.8 Å². The Hall–Kier alpha value is -7.34. The maximum Gasteiger partial charge on any atom is 0.301 e. The van der Waals surface area contributed by atoms with Crippen molar-refractivity contribution in [1.29, 1.82) is 0 Å². The fourth-order valence-electron chi connectivity index (χ4n) is 8.12. The van der Waals surface area contributed by atoms with E-state index in [1.54, 1.807) is 6.08 Å². The Kier molecular flexibility index (Phi) is 14.2. The fraction of sp³-hybridized carbons (Fsp3) is 0.102. The molecule has 0 radical (unpaired) electrons. The van der Waals surface area contributed by atoms with Crippen LogP contribution in [0.3, 0.4) is 0 Å².